The molecule has 1 aromatic carbocycles. The molecule has 0 amide bonds. The topological polar surface area (TPSA) is 39.7 Å². The van der Waals surface area contributed by atoms with Gasteiger partial charge in [-0.15, -0.1) is 0 Å². The Morgan fingerprint density at radius 3 is 2.29 bits per heavy atom. The molecular weight excluding hydrogens is 286 g/mol. The number of hydrogen-bond donors (Lipinski definition) is 1. The molecule has 0 aromatic heterocycles. The average molecular weight is 304 g/mol. The van der Waals surface area contributed by atoms with E-state index in [4.69, 9.17) is 14.2 Å². The summed E-state index contributed by atoms with van der Waals surface area (Å²) in [5.41, 5.74) is 0.947. The van der Waals surface area contributed by atoms with E-state index in [1.54, 1.807) is 21.3 Å². The maximum atomic E-state index is 5.20. The highest BCUT2D eigenvalue weighted by Gasteiger charge is 2.15. The third-order valence-corrected chi connectivity index (χ3v) is 2.83. The highest BCUT2D eigenvalue weighted by Crippen LogP contribution is 2.25. The van der Waals surface area contributed by atoms with Crippen molar-refractivity contribution in [2.45, 2.75) is 19.3 Å². The molecule has 96 valence electrons. The van der Waals surface area contributed by atoms with Crippen LogP contribution in [0, 0.1) is 0 Å². The van der Waals surface area contributed by atoms with Gasteiger partial charge in [0.25, 0.3) is 0 Å². The number of rotatable bonds is 6. The minimum absolute atomic E-state index is 0.0315. The quantitative estimate of drug-likeness (QED) is 0.820. The summed E-state index contributed by atoms with van der Waals surface area (Å²) in [6.07, 6.45) is -0.292. The summed E-state index contributed by atoms with van der Waals surface area (Å²) >= 11 is 3.43. The summed E-state index contributed by atoms with van der Waals surface area (Å²) in [5, 5.41) is 3.30. The van der Waals surface area contributed by atoms with Gasteiger partial charge in [-0.05, 0) is 19.1 Å². The summed E-state index contributed by atoms with van der Waals surface area (Å²) in [6.45, 7) is 1.99. The van der Waals surface area contributed by atoms with Gasteiger partial charge in [0.1, 0.15) is 5.75 Å². The summed E-state index contributed by atoms with van der Waals surface area (Å²) in [4.78, 5) is 0. The predicted molar refractivity (Wildman–Crippen MR) is 71.6 cm³/mol. The van der Waals surface area contributed by atoms with Crippen LogP contribution in [-0.4, -0.2) is 33.7 Å². The zero-order chi connectivity index (χ0) is 12.8. The predicted octanol–water partition coefficient (Wildman–Crippen LogP) is 2.88. The van der Waals surface area contributed by atoms with Gasteiger partial charge in [0.15, 0.2) is 6.29 Å². The summed E-state index contributed by atoms with van der Waals surface area (Å²) in [6, 6.07) is 5.83. The third kappa shape index (κ3) is 4.18. The number of benzene rings is 1. The van der Waals surface area contributed by atoms with E-state index >= 15 is 0 Å². The minimum Gasteiger partial charge on any atom is -0.497 e. The lowest BCUT2D eigenvalue weighted by molar-refractivity contribution is -0.109. The zero-order valence-corrected chi connectivity index (χ0v) is 12.1. The normalized spacial score (nSPS) is 12.6. The largest absolute Gasteiger partial charge is 0.497 e. The average Bonchev–Trinajstić information content (AvgIpc) is 2.29. The first-order chi connectivity index (χ1) is 8.10. The van der Waals surface area contributed by atoms with Crippen LogP contribution in [0.5, 0.6) is 5.75 Å². The lowest BCUT2D eigenvalue weighted by Gasteiger charge is -2.23. The first kappa shape index (κ1) is 14.3. The Bertz CT molecular complexity index is 356. The Kier molecular flexibility index (Phi) is 5.74. The van der Waals surface area contributed by atoms with Crippen molar-refractivity contribution in [1.82, 2.24) is 0 Å². The van der Waals surface area contributed by atoms with E-state index in [0.29, 0.717) is 0 Å². The second-order valence-corrected chi connectivity index (χ2v) is 4.57. The number of halogens is 1. The molecule has 0 aliphatic heterocycles. The molecule has 0 aliphatic rings. The zero-order valence-electron chi connectivity index (χ0n) is 10.5. The molecule has 0 saturated carbocycles. The lowest BCUT2D eigenvalue weighted by atomic mass is 10.2. The van der Waals surface area contributed by atoms with Crippen LogP contribution in [0.15, 0.2) is 22.7 Å². The van der Waals surface area contributed by atoms with Crippen molar-refractivity contribution in [2.75, 3.05) is 26.6 Å². The molecule has 0 fully saturated rings. The highest BCUT2D eigenvalue weighted by atomic mass is 79.9. The first-order valence-electron chi connectivity index (χ1n) is 5.27. The number of anilines is 1. The molecule has 1 aromatic rings. The second kappa shape index (κ2) is 6.83. The first-order valence-corrected chi connectivity index (χ1v) is 6.06. The van der Waals surface area contributed by atoms with E-state index in [1.807, 2.05) is 25.1 Å². The smallest absolute Gasteiger partial charge is 0.176 e. The molecule has 1 rings (SSSR count). The van der Waals surface area contributed by atoms with Crippen LogP contribution in [0.3, 0.4) is 0 Å². The molecular formula is C12H18BrNO3. The van der Waals surface area contributed by atoms with Crippen molar-refractivity contribution in [2.24, 2.45) is 0 Å². The van der Waals surface area contributed by atoms with E-state index in [-0.39, 0.29) is 12.3 Å². The standard InChI is InChI=1S/C12H18BrNO3/c1-8(12(16-3)17-4)14-10-5-9(13)6-11(7-10)15-2/h5-8,12,14H,1-4H3. The van der Waals surface area contributed by atoms with Crippen LogP contribution in [-0.2, 0) is 9.47 Å². The Labute approximate surface area is 110 Å². The van der Waals surface area contributed by atoms with E-state index in [0.717, 1.165) is 15.9 Å². The van der Waals surface area contributed by atoms with Gasteiger partial charge in [0.05, 0.1) is 13.2 Å². The SMILES string of the molecule is COc1cc(Br)cc(NC(C)C(OC)OC)c1. The summed E-state index contributed by atoms with van der Waals surface area (Å²) < 4.78 is 16.5. The molecule has 1 N–H and O–H groups in total. The maximum Gasteiger partial charge on any atom is 0.176 e. The molecule has 0 heterocycles. The fourth-order valence-electron chi connectivity index (χ4n) is 1.60. The van der Waals surface area contributed by atoms with Crippen LogP contribution in [0.25, 0.3) is 0 Å². The van der Waals surface area contributed by atoms with Crippen LogP contribution >= 0.6 is 15.9 Å². The minimum atomic E-state index is -0.292. The van der Waals surface area contributed by atoms with Crippen molar-refractivity contribution in [1.29, 1.82) is 0 Å². The van der Waals surface area contributed by atoms with Gasteiger partial charge in [-0.3, -0.25) is 0 Å². The van der Waals surface area contributed by atoms with Crippen molar-refractivity contribution in [3.05, 3.63) is 22.7 Å². The monoisotopic (exact) mass is 303 g/mol. The fraction of sp³-hybridized carbons (Fsp3) is 0.500. The summed E-state index contributed by atoms with van der Waals surface area (Å²) in [7, 11) is 4.88. The third-order valence-electron chi connectivity index (χ3n) is 2.37. The molecule has 1 unspecified atom stereocenters. The van der Waals surface area contributed by atoms with Gasteiger partial charge in [-0.1, -0.05) is 15.9 Å². The van der Waals surface area contributed by atoms with Crippen molar-refractivity contribution in [3.8, 4) is 5.75 Å². The van der Waals surface area contributed by atoms with Gasteiger partial charge < -0.3 is 19.5 Å². The van der Waals surface area contributed by atoms with Crippen molar-refractivity contribution >= 4 is 21.6 Å². The Balaban J connectivity index is 2.76. The molecule has 0 bridgehead atoms. The highest BCUT2D eigenvalue weighted by molar-refractivity contribution is 9.10. The lowest BCUT2D eigenvalue weighted by Crippen LogP contribution is -2.33. The van der Waals surface area contributed by atoms with Crippen LogP contribution < -0.4 is 10.1 Å². The van der Waals surface area contributed by atoms with Crippen LogP contribution in [0.1, 0.15) is 6.92 Å². The molecule has 0 aliphatic carbocycles. The van der Waals surface area contributed by atoms with Gasteiger partial charge in [-0.2, -0.15) is 0 Å². The number of ether oxygens (including phenoxy) is 3. The van der Waals surface area contributed by atoms with Gasteiger partial charge in [-0.25, -0.2) is 0 Å². The maximum absolute atomic E-state index is 5.20. The van der Waals surface area contributed by atoms with Gasteiger partial charge in [0.2, 0.25) is 0 Å². The molecule has 5 heteroatoms. The van der Waals surface area contributed by atoms with Crippen LogP contribution in [0.4, 0.5) is 5.69 Å². The number of methoxy groups -OCH3 is 3. The van der Waals surface area contributed by atoms with Crippen LogP contribution in [0.2, 0.25) is 0 Å². The van der Waals surface area contributed by atoms with E-state index < -0.39 is 0 Å². The number of hydrogen-bond acceptors (Lipinski definition) is 4. The molecule has 0 spiro atoms. The molecule has 0 saturated heterocycles. The second-order valence-electron chi connectivity index (χ2n) is 3.65. The number of nitrogens with one attached hydrogen (secondary N) is 1. The van der Waals surface area contributed by atoms with Gasteiger partial charge in [0, 0.05) is 30.4 Å². The molecule has 0 radical (unpaired) electrons. The van der Waals surface area contributed by atoms with Crippen molar-refractivity contribution < 1.29 is 14.2 Å². The van der Waals surface area contributed by atoms with Crippen molar-refractivity contribution in [3.63, 3.8) is 0 Å². The van der Waals surface area contributed by atoms with E-state index in [1.165, 1.54) is 0 Å². The Morgan fingerprint density at radius 1 is 1.12 bits per heavy atom. The molecule has 4 nitrogen and oxygen atoms in total. The fourth-order valence-corrected chi connectivity index (χ4v) is 2.07. The van der Waals surface area contributed by atoms with E-state index in [2.05, 4.69) is 21.2 Å². The Morgan fingerprint density at radius 2 is 1.76 bits per heavy atom. The Hall–Kier alpha value is -0.780. The van der Waals surface area contributed by atoms with E-state index in [9.17, 15) is 0 Å². The molecule has 17 heavy (non-hydrogen) atoms. The molecule has 1 atom stereocenters. The van der Waals surface area contributed by atoms with Gasteiger partial charge >= 0.3 is 0 Å². The summed E-state index contributed by atoms with van der Waals surface area (Å²) in [5.74, 6) is 0.792.